The van der Waals surface area contributed by atoms with E-state index in [-0.39, 0.29) is 22.4 Å². The number of carbonyl (C=O) groups is 1. The van der Waals surface area contributed by atoms with Crippen LogP contribution in [0.15, 0.2) is 53.4 Å². The highest BCUT2D eigenvalue weighted by atomic mass is 35.5. The Morgan fingerprint density at radius 3 is 2.32 bits per heavy atom. The van der Waals surface area contributed by atoms with Gasteiger partial charge in [0.05, 0.1) is 5.02 Å². The van der Waals surface area contributed by atoms with Crippen molar-refractivity contribution < 1.29 is 13.2 Å². The van der Waals surface area contributed by atoms with Crippen LogP contribution in [-0.4, -0.2) is 32.3 Å². The molecule has 0 atom stereocenters. The number of benzene rings is 2. The summed E-state index contributed by atoms with van der Waals surface area (Å²) in [5, 5.41) is 0.182. The Kier molecular flexibility index (Phi) is 5.42. The van der Waals surface area contributed by atoms with Crippen molar-refractivity contribution in [3.05, 3.63) is 64.7 Å². The Bertz CT molecular complexity index is 860. The first-order chi connectivity index (χ1) is 12.0. The second-order valence-corrected chi connectivity index (χ2v) is 8.09. The van der Waals surface area contributed by atoms with E-state index in [1.54, 1.807) is 36.4 Å². The predicted molar refractivity (Wildman–Crippen MR) is 97.1 cm³/mol. The molecular formula is C18H19ClN2O3S. The summed E-state index contributed by atoms with van der Waals surface area (Å²) in [5.41, 5.74) is 1.40. The minimum absolute atomic E-state index is 0.0284. The highest BCUT2D eigenvalue weighted by Crippen LogP contribution is 2.20. The lowest BCUT2D eigenvalue weighted by atomic mass is 10.1. The van der Waals surface area contributed by atoms with Crippen LogP contribution in [0.25, 0.3) is 0 Å². The maximum atomic E-state index is 12.3. The lowest BCUT2D eigenvalue weighted by molar-refractivity contribution is 0.0793. The first kappa shape index (κ1) is 17.9. The van der Waals surface area contributed by atoms with E-state index < -0.39 is 10.0 Å². The molecule has 3 rings (SSSR count). The molecule has 1 amide bonds. The van der Waals surface area contributed by atoms with Gasteiger partial charge in [0.1, 0.15) is 4.90 Å². The zero-order chi connectivity index (χ0) is 17.9. The van der Waals surface area contributed by atoms with Gasteiger partial charge in [-0.3, -0.25) is 4.79 Å². The first-order valence-corrected chi connectivity index (χ1v) is 9.96. The van der Waals surface area contributed by atoms with Crippen LogP contribution >= 0.6 is 11.6 Å². The number of halogens is 1. The van der Waals surface area contributed by atoms with Gasteiger partial charge in [0.25, 0.3) is 5.91 Å². The van der Waals surface area contributed by atoms with Gasteiger partial charge in [-0.05, 0) is 42.7 Å². The summed E-state index contributed by atoms with van der Waals surface area (Å²) < 4.78 is 27.2. The number of nitrogens with one attached hydrogen (secondary N) is 1. The van der Waals surface area contributed by atoms with Crippen molar-refractivity contribution in [3.63, 3.8) is 0 Å². The van der Waals surface area contributed by atoms with E-state index in [1.165, 1.54) is 12.1 Å². The van der Waals surface area contributed by atoms with E-state index >= 15 is 0 Å². The molecular weight excluding hydrogens is 360 g/mol. The van der Waals surface area contributed by atoms with Crippen molar-refractivity contribution in [3.8, 4) is 0 Å². The number of carbonyl (C=O) groups excluding carboxylic acids is 1. The molecule has 0 unspecified atom stereocenters. The first-order valence-electron chi connectivity index (χ1n) is 8.10. The fourth-order valence-corrected chi connectivity index (χ4v) is 4.32. The van der Waals surface area contributed by atoms with E-state index in [2.05, 4.69) is 4.72 Å². The summed E-state index contributed by atoms with van der Waals surface area (Å²) in [4.78, 5) is 14.2. The summed E-state index contributed by atoms with van der Waals surface area (Å²) in [6.45, 7) is 1.74. The molecule has 1 saturated heterocycles. The molecule has 5 nitrogen and oxygen atoms in total. The molecule has 7 heteroatoms. The topological polar surface area (TPSA) is 66.5 Å². The average Bonchev–Trinajstić information content (AvgIpc) is 3.15. The molecule has 0 bridgehead atoms. The van der Waals surface area contributed by atoms with Crippen molar-refractivity contribution in [2.24, 2.45) is 0 Å². The lowest BCUT2D eigenvalue weighted by Gasteiger charge is -2.15. The molecule has 1 aliphatic heterocycles. The number of amides is 1. The molecule has 1 fully saturated rings. The van der Waals surface area contributed by atoms with Crippen molar-refractivity contribution in [1.29, 1.82) is 0 Å². The van der Waals surface area contributed by atoms with Crippen LogP contribution in [0.1, 0.15) is 28.8 Å². The van der Waals surface area contributed by atoms with Gasteiger partial charge < -0.3 is 4.90 Å². The molecule has 2 aromatic carbocycles. The van der Waals surface area contributed by atoms with Crippen molar-refractivity contribution >= 4 is 27.5 Å². The fraction of sp³-hybridized carbons (Fsp3) is 0.278. The Hall–Kier alpha value is -1.89. The number of nitrogens with zero attached hydrogens (tertiary/aromatic N) is 1. The minimum atomic E-state index is -3.69. The second-order valence-electron chi connectivity index (χ2n) is 5.95. The fourth-order valence-electron chi connectivity index (χ4n) is 2.79. The van der Waals surface area contributed by atoms with Gasteiger partial charge in [-0.25, -0.2) is 13.1 Å². The van der Waals surface area contributed by atoms with Gasteiger partial charge in [0, 0.05) is 25.2 Å². The summed E-state index contributed by atoms with van der Waals surface area (Å²) in [6.07, 6.45) is 2.10. The molecule has 25 heavy (non-hydrogen) atoms. The van der Waals surface area contributed by atoms with Crippen molar-refractivity contribution in [2.45, 2.75) is 24.3 Å². The molecule has 0 aliphatic carbocycles. The van der Waals surface area contributed by atoms with Crippen LogP contribution in [0.4, 0.5) is 0 Å². The average molecular weight is 379 g/mol. The Morgan fingerprint density at radius 1 is 1.04 bits per heavy atom. The molecule has 1 N–H and O–H groups in total. The maximum Gasteiger partial charge on any atom is 0.253 e. The number of likely N-dealkylation sites (tertiary alicyclic amines) is 1. The van der Waals surface area contributed by atoms with Crippen molar-refractivity contribution in [1.82, 2.24) is 9.62 Å². The third kappa shape index (κ3) is 4.21. The number of hydrogen-bond donors (Lipinski definition) is 1. The van der Waals surface area contributed by atoms with Crippen LogP contribution in [-0.2, 0) is 16.6 Å². The predicted octanol–water partition coefficient (Wildman–Crippen LogP) is 3.05. The summed E-state index contributed by atoms with van der Waals surface area (Å²) in [5.74, 6) is 0.0284. The second kappa shape index (κ2) is 7.56. The Balaban J connectivity index is 1.66. The molecule has 0 radical (unpaired) electrons. The Morgan fingerprint density at radius 2 is 1.68 bits per heavy atom. The van der Waals surface area contributed by atoms with Gasteiger partial charge in [0.2, 0.25) is 10.0 Å². The van der Waals surface area contributed by atoms with Crippen molar-refractivity contribution in [2.75, 3.05) is 13.1 Å². The smallest absolute Gasteiger partial charge is 0.253 e. The van der Waals surface area contributed by atoms with Crippen LogP contribution in [0, 0.1) is 0 Å². The van der Waals surface area contributed by atoms with E-state index in [1.807, 2.05) is 4.90 Å². The van der Waals surface area contributed by atoms with Gasteiger partial charge in [-0.1, -0.05) is 35.9 Å². The molecule has 2 aromatic rings. The standard InChI is InChI=1S/C18H19ClN2O3S/c19-16-5-1-2-6-17(16)25(23,24)20-13-14-7-9-15(10-8-14)18(22)21-11-3-4-12-21/h1-2,5-10,20H,3-4,11-13H2. The summed E-state index contributed by atoms with van der Waals surface area (Å²) >= 11 is 5.95. The Labute approximate surface area is 152 Å². The zero-order valence-corrected chi connectivity index (χ0v) is 15.2. The van der Waals surface area contributed by atoms with E-state index in [4.69, 9.17) is 11.6 Å². The number of sulfonamides is 1. The summed E-state index contributed by atoms with van der Waals surface area (Å²) in [7, 11) is -3.69. The van der Waals surface area contributed by atoms with Crippen LogP contribution in [0.5, 0.6) is 0 Å². The zero-order valence-electron chi connectivity index (χ0n) is 13.6. The molecule has 0 aromatic heterocycles. The summed E-state index contributed by atoms with van der Waals surface area (Å²) in [6, 6.07) is 13.3. The highest BCUT2D eigenvalue weighted by Gasteiger charge is 2.20. The van der Waals surface area contributed by atoms with Crippen LogP contribution < -0.4 is 4.72 Å². The molecule has 1 heterocycles. The quantitative estimate of drug-likeness (QED) is 0.869. The monoisotopic (exact) mass is 378 g/mol. The maximum absolute atomic E-state index is 12.3. The van der Waals surface area contributed by atoms with Gasteiger partial charge >= 0.3 is 0 Å². The van der Waals surface area contributed by atoms with Crippen LogP contribution in [0.3, 0.4) is 0 Å². The number of hydrogen-bond acceptors (Lipinski definition) is 3. The van der Waals surface area contributed by atoms with E-state index in [0.717, 1.165) is 31.5 Å². The minimum Gasteiger partial charge on any atom is -0.339 e. The molecule has 0 saturated carbocycles. The van der Waals surface area contributed by atoms with Gasteiger partial charge in [-0.15, -0.1) is 0 Å². The van der Waals surface area contributed by atoms with Gasteiger partial charge in [-0.2, -0.15) is 0 Å². The normalized spacial score (nSPS) is 14.7. The largest absolute Gasteiger partial charge is 0.339 e. The number of rotatable bonds is 5. The SMILES string of the molecule is O=C(c1ccc(CNS(=O)(=O)c2ccccc2Cl)cc1)N1CCCC1. The van der Waals surface area contributed by atoms with E-state index in [0.29, 0.717) is 5.56 Å². The third-order valence-corrected chi connectivity index (χ3v) is 6.09. The van der Waals surface area contributed by atoms with E-state index in [9.17, 15) is 13.2 Å². The lowest BCUT2D eigenvalue weighted by Crippen LogP contribution is -2.27. The molecule has 132 valence electrons. The third-order valence-electron chi connectivity index (χ3n) is 4.19. The van der Waals surface area contributed by atoms with Crippen LogP contribution in [0.2, 0.25) is 5.02 Å². The molecule has 1 aliphatic rings. The van der Waals surface area contributed by atoms with Gasteiger partial charge in [0.15, 0.2) is 0 Å². The highest BCUT2D eigenvalue weighted by molar-refractivity contribution is 7.89. The molecule has 0 spiro atoms.